The predicted molar refractivity (Wildman–Crippen MR) is 78.5 cm³/mol. The molecule has 2 fully saturated rings. The molecule has 0 aliphatic carbocycles. The van der Waals surface area contributed by atoms with E-state index in [1.807, 2.05) is 0 Å². The van der Waals surface area contributed by atoms with Gasteiger partial charge < -0.3 is 10.1 Å². The van der Waals surface area contributed by atoms with Gasteiger partial charge in [-0.15, -0.1) is 12.4 Å². The van der Waals surface area contributed by atoms with E-state index in [1.54, 1.807) is 0 Å². The van der Waals surface area contributed by atoms with Crippen molar-refractivity contribution in [2.75, 3.05) is 32.8 Å². The van der Waals surface area contributed by atoms with Gasteiger partial charge in [0.25, 0.3) is 0 Å². The first kappa shape index (κ1) is 16.2. The van der Waals surface area contributed by atoms with Crippen LogP contribution in [0.2, 0.25) is 0 Å². The van der Waals surface area contributed by atoms with Crippen LogP contribution in [-0.2, 0) is 4.74 Å². The normalized spacial score (nSPS) is 31.0. The third-order valence-corrected chi connectivity index (χ3v) is 4.34. The Balaban J connectivity index is 0.00000162. The second-order valence-electron chi connectivity index (χ2n) is 5.68. The van der Waals surface area contributed by atoms with Crippen molar-refractivity contribution in [3.05, 3.63) is 0 Å². The molecular formula is C14H29ClN2O. The van der Waals surface area contributed by atoms with E-state index in [0.29, 0.717) is 12.1 Å². The lowest BCUT2D eigenvalue weighted by Crippen LogP contribution is -2.49. The Labute approximate surface area is 118 Å². The maximum absolute atomic E-state index is 5.75. The molecule has 0 radical (unpaired) electrons. The number of hydrogen-bond acceptors (Lipinski definition) is 3. The molecule has 1 N–H and O–H groups in total. The fourth-order valence-corrected chi connectivity index (χ4v) is 3.08. The third-order valence-electron chi connectivity index (χ3n) is 4.34. The van der Waals surface area contributed by atoms with Crippen molar-refractivity contribution in [2.45, 2.75) is 51.7 Å². The average molecular weight is 277 g/mol. The van der Waals surface area contributed by atoms with Crippen molar-refractivity contribution >= 4 is 12.4 Å². The fraction of sp³-hybridized carbons (Fsp3) is 1.00. The molecule has 0 aromatic carbocycles. The molecule has 2 aliphatic rings. The first-order valence-electron chi connectivity index (χ1n) is 7.36. The van der Waals surface area contributed by atoms with Crippen molar-refractivity contribution in [1.29, 1.82) is 0 Å². The summed E-state index contributed by atoms with van der Waals surface area (Å²) in [6.07, 6.45) is 5.77. The van der Waals surface area contributed by atoms with E-state index in [-0.39, 0.29) is 12.4 Å². The molecule has 18 heavy (non-hydrogen) atoms. The third kappa shape index (κ3) is 4.69. The van der Waals surface area contributed by atoms with Gasteiger partial charge in [-0.3, -0.25) is 4.90 Å². The molecule has 2 saturated heterocycles. The smallest absolute Gasteiger partial charge is 0.0674 e. The molecule has 2 rings (SSSR count). The van der Waals surface area contributed by atoms with Gasteiger partial charge in [-0.25, -0.2) is 0 Å². The minimum atomic E-state index is 0. The van der Waals surface area contributed by atoms with Gasteiger partial charge in [-0.1, -0.05) is 6.92 Å². The lowest BCUT2D eigenvalue weighted by molar-refractivity contribution is -0.0574. The summed E-state index contributed by atoms with van der Waals surface area (Å²) in [4.78, 5) is 2.66. The average Bonchev–Trinajstić information content (AvgIpc) is 2.38. The maximum Gasteiger partial charge on any atom is 0.0674 e. The first-order chi connectivity index (χ1) is 8.29. The van der Waals surface area contributed by atoms with Crippen LogP contribution in [0, 0.1) is 5.92 Å². The van der Waals surface area contributed by atoms with Crippen molar-refractivity contribution < 1.29 is 4.74 Å². The zero-order valence-corrected chi connectivity index (χ0v) is 12.7. The lowest BCUT2D eigenvalue weighted by Gasteiger charge is -2.39. The Kier molecular flexibility index (Phi) is 7.54. The zero-order chi connectivity index (χ0) is 12.1. The molecule has 2 unspecified atom stereocenters. The zero-order valence-electron chi connectivity index (χ0n) is 11.9. The van der Waals surface area contributed by atoms with Crippen molar-refractivity contribution in [3.63, 3.8) is 0 Å². The maximum atomic E-state index is 5.75. The number of morpholine rings is 1. The van der Waals surface area contributed by atoms with Crippen molar-refractivity contribution in [1.82, 2.24) is 10.2 Å². The van der Waals surface area contributed by atoms with Crippen LogP contribution >= 0.6 is 12.4 Å². The van der Waals surface area contributed by atoms with Crippen LogP contribution in [0.5, 0.6) is 0 Å². The Morgan fingerprint density at radius 1 is 1.28 bits per heavy atom. The summed E-state index contributed by atoms with van der Waals surface area (Å²) >= 11 is 0. The van der Waals surface area contributed by atoms with E-state index in [9.17, 15) is 0 Å². The fourth-order valence-electron chi connectivity index (χ4n) is 3.08. The highest BCUT2D eigenvalue weighted by Crippen LogP contribution is 2.20. The molecule has 0 amide bonds. The van der Waals surface area contributed by atoms with E-state index in [4.69, 9.17) is 4.74 Å². The van der Waals surface area contributed by atoms with Gasteiger partial charge in [0.1, 0.15) is 0 Å². The minimum absolute atomic E-state index is 0. The summed E-state index contributed by atoms with van der Waals surface area (Å²) in [6.45, 7) is 10.3. The predicted octanol–water partition coefficient (Wildman–Crippen LogP) is 2.30. The number of hydrogen-bond donors (Lipinski definition) is 1. The number of halogens is 1. The van der Waals surface area contributed by atoms with Crippen LogP contribution in [0.25, 0.3) is 0 Å². The SMILES string of the molecule is CCC1COC(C)CN1CCC1CCNCC1.Cl. The lowest BCUT2D eigenvalue weighted by atomic mass is 9.94. The molecule has 2 aliphatic heterocycles. The highest BCUT2D eigenvalue weighted by molar-refractivity contribution is 5.85. The molecular weight excluding hydrogens is 248 g/mol. The van der Waals surface area contributed by atoms with Crippen molar-refractivity contribution in [2.24, 2.45) is 5.92 Å². The summed E-state index contributed by atoms with van der Waals surface area (Å²) in [6, 6.07) is 0.660. The van der Waals surface area contributed by atoms with Crippen LogP contribution in [0.15, 0.2) is 0 Å². The monoisotopic (exact) mass is 276 g/mol. The Morgan fingerprint density at radius 3 is 2.67 bits per heavy atom. The van der Waals surface area contributed by atoms with Crippen LogP contribution in [0.1, 0.15) is 39.5 Å². The van der Waals surface area contributed by atoms with E-state index >= 15 is 0 Å². The van der Waals surface area contributed by atoms with Gasteiger partial charge in [0.2, 0.25) is 0 Å². The Bertz CT molecular complexity index is 222. The Hall–Kier alpha value is 0.170. The number of nitrogens with zero attached hydrogens (tertiary/aromatic N) is 1. The second-order valence-corrected chi connectivity index (χ2v) is 5.68. The molecule has 0 bridgehead atoms. The van der Waals surface area contributed by atoms with Gasteiger partial charge in [0, 0.05) is 12.6 Å². The largest absolute Gasteiger partial charge is 0.376 e. The quantitative estimate of drug-likeness (QED) is 0.853. The van der Waals surface area contributed by atoms with Gasteiger partial charge in [0.05, 0.1) is 12.7 Å². The van der Waals surface area contributed by atoms with Crippen LogP contribution in [0.4, 0.5) is 0 Å². The molecule has 0 aromatic rings. The summed E-state index contributed by atoms with van der Waals surface area (Å²) < 4.78 is 5.75. The molecule has 4 heteroatoms. The van der Waals surface area contributed by atoms with Crippen LogP contribution < -0.4 is 5.32 Å². The first-order valence-corrected chi connectivity index (χ1v) is 7.36. The van der Waals surface area contributed by atoms with E-state index in [2.05, 4.69) is 24.1 Å². The van der Waals surface area contributed by atoms with E-state index in [0.717, 1.165) is 19.1 Å². The summed E-state index contributed by atoms with van der Waals surface area (Å²) in [5.41, 5.74) is 0. The molecule has 2 atom stereocenters. The molecule has 0 saturated carbocycles. The summed E-state index contributed by atoms with van der Waals surface area (Å²) in [5.74, 6) is 0.951. The van der Waals surface area contributed by atoms with E-state index in [1.165, 1.54) is 45.3 Å². The minimum Gasteiger partial charge on any atom is -0.376 e. The number of rotatable bonds is 4. The Morgan fingerprint density at radius 2 is 2.00 bits per heavy atom. The van der Waals surface area contributed by atoms with Gasteiger partial charge >= 0.3 is 0 Å². The highest BCUT2D eigenvalue weighted by atomic mass is 35.5. The molecule has 0 aromatic heterocycles. The van der Waals surface area contributed by atoms with Crippen LogP contribution in [0.3, 0.4) is 0 Å². The molecule has 3 nitrogen and oxygen atoms in total. The highest BCUT2D eigenvalue weighted by Gasteiger charge is 2.26. The van der Waals surface area contributed by atoms with Gasteiger partial charge in [-0.05, 0) is 58.2 Å². The summed E-state index contributed by atoms with van der Waals surface area (Å²) in [7, 11) is 0. The molecule has 2 heterocycles. The van der Waals surface area contributed by atoms with Crippen molar-refractivity contribution in [3.8, 4) is 0 Å². The second kappa shape index (κ2) is 8.36. The van der Waals surface area contributed by atoms with Gasteiger partial charge in [0.15, 0.2) is 0 Å². The molecule has 108 valence electrons. The summed E-state index contributed by atoms with van der Waals surface area (Å²) in [5, 5.41) is 3.45. The standard InChI is InChI=1S/C14H28N2O.ClH/c1-3-14-11-17-12(2)10-16(14)9-6-13-4-7-15-8-5-13;/h12-15H,3-11H2,1-2H3;1H. The topological polar surface area (TPSA) is 24.5 Å². The van der Waals surface area contributed by atoms with E-state index < -0.39 is 0 Å². The molecule has 0 spiro atoms. The number of ether oxygens (including phenoxy) is 1. The van der Waals surface area contributed by atoms with Gasteiger partial charge in [-0.2, -0.15) is 0 Å². The van der Waals surface area contributed by atoms with Crippen LogP contribution in [-0.4, -0.2) is 49.8 Å². The number of piperidine rings is 1. The number of nitrogens with one attached hydrogen (secondary N) is 1.